The van der Waals surface area contributed by atoms with Crippen LogP contribution < -0.4 is 14.8 Å². The van der Waals surface area contributed by atoms with E-state index in [2.05, 4.69) is 12.2 Å². The van der Waals surface area contributed by atoms with Crippen LogP contribution in [0.15, 0.2) is 60.7 Å². The summed E-state index contributed by atoms with van der Waals surface area (Å²) >= 11 is 6.16. The minimum absolute atomic E-state index is 0.0114. The zero-order chi connectivity index (χ0) is 20.0. The van der Waals surface area contributed by atoms with Crippen LogP contribution in [0.5, 0.6) is 11.5 Å². The standard InChI is InChI=1S/C24H20ClNO3/c1-15-5-7-19(13-20(15)16-3-2-4-18(25)11-16)26-23(27)24(9-10-24)17-6-8-21-22(12-17)29-14-28-21/h2-8,11-13H,9-10,14H2,1H3,(H,26,27). The number of hydrogen-bond acceptors (Lipinski definition) is 3. The molecule has 0 spiro atoms. The summed E-state index contributed by atoms with van der Waals surface area (Å²) in [7, 11) is 0. The van der Waals surface area contributed by atoms with Crippen LogP contribution >= 0.6 is 11.6 Å². The molecule has 0 radical (unpaired) electrons. The van der Waals surface area contributed by atoms with Crippen LogP contribution in [0, 0.1) is 6.92 Å². The largest absolute Gasteiger partial charge is 0.454 e. The van der Waals surface area contributed by atoms with E-state index in [-0.39, 0.29) is 12.7 Å². The first-order chi connectivity index (χ1) is 14.0. The number of rotatable bonds is 4. The van der Waals surface area contributed by atoms with Gasteiger partial charge in [0, 0.05) is 10.7 Å². The Morgan fingerprint density at radius 2 is 1.83 bits per heavy atom. The molecule has 29 heavy (non-hydrogen) atoms. The number of aryl methyl sites for hydroxylation is 1. The van der Waals surface area contributed by atoms with E-state index in [1.807, 2.05) is 60.7 Å². The molecule has 1 aliphatic carbocycles. The van der Waals surface area contributed by atoms with Crippen molar-refractivity contribution < 1.29 is 14.3 Å². The van der Waals surface area contributed by atoms with E-state index < -0.39 is 5.41 Å². The molecule has 5 rings (SSSR count). The average molecular weight is 406 g/mol. The molecule has 1 amide bonds. The molecule has 1 aliphatic heterocycles. The van der Waals surface area contributed by atoms with Gasteiger partial charge in [-0.15, -0.1) is 0 Å². The third-order valence-corrected chi connectivity index (χ3v) is 5.98. The summed E-state index contributed by atoms with van der Waals surface area (Å²) in [4.78, 5) is 13.2. The second-order valence-corrected chi connectivity index (χ2v) is 8.08. The quantitative estimate of drug-likeness (QED) is 0.604. The lowest BCUT2D eigenvalue weighted by Gasteiger charge is -2.17. The number of nitrogens with one attached hydrogen (secondary N) is 1. The highest BCUT2D eigenvalue weighted by atomic mass is 35.5. The summed E-state index contributed by atoms with van der Waals surface area (Å²) in [6.07, 6.45) is 1.65. The van der Waals surface area contributed by atoms with Crippen LogP contribution in [0.25, 0.3) is 11.1 Å². The lowest BCUT2D eigenvalue weighted by atomic mass is 9.94. The Morgan fingerprint density at radius 3 is 2.62 bits per heavy atom. The van der Waals surface area contributed by atoms with E-state index in [0.717, 1.165) is 46.5 Å². The summed E-state index contributed by atoms with van der Waals surface area (Å²) in [5, 5.41) is 3.81. The molecule has 4 nitrogen and oxygen atoms in total. The predicted molar refractivity (Wildman–Crippen MR) is 114 cm³/mol. The number of anilines is 1. The second-order valence-electron chi connectivity index (χ2n) is 7.64. The van der Waals surface area contributed by atoms with Gasteiger partial charge in [-0.2, -0.15) is 0 Å². The van der Waals surface area contributed by atoms with Crippen molar-refractivity contribution in [1.82, 2.24) is 0 Å². The molecule has 1 N–H and O–H groups in total. The van der Waals surface area contributed by atoms with E-state index in [0.29, 0.717) is 10.8 Å². The summed E-state index contributed by atoms with van der Waals surface area (Å²) < 4.78 is 10.9. The van der Waals surface area contributed by atoms with Crippen LogP contribution in [0.3, 0.4) is 0 Å². The molecule has 0 unspecified atom stereocenters. The number of carbonyl (C=O) groups excluding carboxylic acids is 1. The third-order valence-electron chi connectivity index (χ3n) is 5.74. The van der Waals surface area contributed by atoms with Crippen LogP contribution in [-0.2, 0) is 10.2 Å². The van der Waals surface area contributed by atoms with E-state index in [1.165, 1.54) is 0 Å². The lowest BCUT2D eigenvalue weighted by Crippen LogP contribution is -2.27. The van der Waals surface area contributed by atoms with Gasteiger partial charge < -0.3 is 14.8 Å². The zero-order valence-electron chi connectivity index (χ0n) is 16.0. The monoisotopic (exact) mass is 405 g/mol. The van der Waals surface area contributed by atoms with Crippen molar-refractivity contribution in [2.24, 2.45) is 0 Å². The van der Waals surface area contributed by atoms with Gasteiger partial charge in [0.1, 0.15) is 0 Å². The number of carbonyl (C=O) groups is 1. The number of fused-ring (bicyclic) bond motifs is 1. The minimum Gasteiger partial charge on any atom is -0.454 e. The normalized spacial score (nSPS) is 15.8. The van der Waals surface area contributed by atoms with E-state index in [4.69, 9.17) is 21.1 Å². The zero-order valence-corrected chi connectivity index (χ0v) is 16.8. The molecule has 0 bridgehead atoms. The maximum absolute atomic E-state index is 13.2. The maximum Gasteiger partial charge on any atom is 0.235 e. The summed E-state index contributed by atoms with van der Waals surface area (Å²) in [5.41, 5.74) is 4.47. The van der Waals surface area contributed by atoms with Gasteiger partial charge in [0.25, 0.3) is 0 Å². The smallest absolute Gasteiger partial charge is 0.235 e. The van der Waals surface area contributed by atoms with Crippen LogP contribution in [0.4, 0.5) is 5.69 Å². The van der Waals surface area contributed by atoms with E-state index in [1.54, 1.807) is 0 Å². The first kappa shape index (κ1) is 18.1. The molecule has 1 saturated carbocycles. The fraction of sp³-hybridized carbons (Fsp3) is 0.208. The van der Waals surface area contributed by atoms with Crippen molar-refractivity contribution >= 4 is 23.2 Å². The van der Waals surface area contributed by atoms with Gasteiger partial charge in [-0.25, -0.2) is 0 Å². The van der Waals surface area contributed by atoms with Crippen molar-refractivity contribution in [1.29, 1.82) is 0 Å². The molecule has 3 aromatic rings. The fourth-order valence-corrected chi connectivity index (χ4v) is 4.07. The van der Waals surface area contributed by atoms with Crippen LogP contribution in [0.1, 0.15) is 24.0 Å². The first-order valence-corrected chi connectivity index (χ1v) is 10.0. The van der Waals surface area contributed by atoms with Crippen molar-refractivity contribution in [2.45, 2.75) is 25.2 Å². The van der Waals surface area contributed by atoms with Gasteiger partial charge >= 0.3 is 0 Å². The van der Waals surface area contributed by atoms with Gasteiger partial charge in [-0.05, 0) is 78.4 Å². The fourth-order valence-electron chi connectivity index (χ4n) is 3.88. The Labute approximate surface area is 174 Å². The topological polar surface area (TPSA) is 47.6 Å². The Hall–Kier alpha value is -2.98. The summed E-state index contributed by atoms with van der Waals surface area (Å²) in [6, 6.07) is 19.5. The SMILES string of the molecule is Cc1ccc(NC(=O)C2(c3ccc4c(c3)OCO4)CC2)cc1-c1cccc(Cl)c1. The molecule has 1 fully saturated rings. The van der Waals surface area contributed by atoms with Gasteiger partial charge in [0.05, 0.1) is 5.41 Å². The number of ether oxygens (including phenoxy) is 2. The third kappa shape index (κ3) is 3.23. The number of amides is 1. The summed E-state index contributed by atoms with van der Waals surface area (Å²) in [5.74, 6) is 1.45. The van der Waals surface area contributed by atoms with Gasteiger partial charge in [0.15, 0.2) is 11.5 Å². The Morgan fingerprint density at radius 1 is 1.00 bits per heavy atom. The van der Waals surface area contributed by atoms with Gasteiger partial charge in [-0.1, -0.05) is 35.9 Å². The van der Waals surface area contributed by atoms with Crippen molar-refractivity contribution in [3.05, 3.63) is 76.8 Å². The highest BCUT2D eigenvalue weighted by Gasteiger charge is 2.51. The highest BCUT2D eigenvalue weighted by Crippen LogP contribution is 2.51. The molecule has 0 atom stereocenters. The lowest BCUT2D eigenvalue weighted by molar-refractivity contribution is -0.118. The Balaban J connectivity index is 1.42. The number of benzene rings is 3. The van der Waals surface area contributed by atoms with Gasteiger partial charge in [-0.3, -0.25) is 4.79 Å². The van der Waals surface area contributed by atoms with Crippen molar-refractivity contribution in [3.8, 4) is 22.6 Å². The second kappa shape index (κ2) is 6.82. The van der Waals surface area contributed by atoms with E-state index >= 15 is 0 Å². The van der Waals surface area contributed by atoms with Gasteiger partial charge in [0.2, 0.25) is 12.7 Å². The maximum atomic E-state index is 13.2. The molecule has 0 aromatic heterocycles. The molecule has 5 heteroatoms. The predicted octanol–water partition coefficient (Wildman–Crippen LogP) is 5.71. The molecule has 3 aromatic carbocycles. The highest BCUT2D eigenvalue weighted by molar-refractivity contribution is 6.30. The number of hydrogen-bond donors (Lipinski definition) is 1. The average Bonchev–Trinajstić information content (AvgIpc) is 3.40. The molecule has 146 valence electrons. The molecular weight excluding hydrogens is 386 g/mol. The minimum atomic E-state index is -0.498. The Bertz CT molecular complexity index is 1120. The summed E-state index contributed by atoms with van der Waals surface area (Å²) in [6.45, 7) is 2.28. The number of halogens is 1. The van der Waals surface area contributed by atoms with Crippen LogP contribution in [-0.4, -0.2) is 12.7 Å². The van der Waals surface area contributed by atoms with Crippen LogP contribution in [0.2, 0.25) is 5.02 Å². The van der Waals surface area contributed by atoms with E-state index in [9.17, 15) is 4.79 Å². The molecule has 0 saturated heterocycles. The Kier molecular flexibility index (Phi) is 4.25. The van der Waals surface area contributed by atoms with Crippen molar-refractivity contribution in [3.63, 3.8) is 0 Å². The molecule has 2 aliphatic rings. The van der Waals surface area contributed by atoms with Crippen molar-refractivity contribution in [2.75, 3.05) is 12.1 Å². The first-order valence-electron chi connectivity index (χ1n) is 9.63. The molecular formula is C24H20ClNO3. The molecule has 1 heterocycles.